The van der Waals surface area contributed by atoms with E-state index in [0.717, 1.165) is 26.9 Å². The van der Waals surface area contributed by atoms with E-state index in [2.05, 4.69) is 0 Å². The molecule has 0 saturated carbocycles. The molecule has 0 fully saturated rings. The van der Waals surface area contributed by atoms with E-state index >= 15 is 0 Å². The van der Waals surface area contributed by atoms with Gasteiger partial charge in [0.15, 0.2) is 0 Å². The maximum Gasteiger partial charge on any atom is 0.247 e. The van der Waals surface area contributed by atoms with Crippen molar-refractivity contribution >= 4 is 33.1 Å². The van der Waals surface area contributed by atoms with Crippen molar-refractivity contribution in [2.45, 2.75) is 21.6 Å². The van der Waals surface area contributed by atoms with Crippen LogP contribution >= 0.6 is 23.1 Å². The molecule has 7 heteroatoms. The Bertz CT molecular complexity index is 451. The van der Waals surface area contributed by atoms with E-state index in [4.69, 9.17) is 5.14 Å². The van der Waals surface area contributed by atoms with Crippen LogP contribution in [0.15, 0.2) is 15.2 Å². The Balaban J connectivity index is 2.50. The fourth-order valence-electron chi connectivity index (χ4n) is 1.26. The highest BCUT2D eigenvalue weighted by Crippen LogP contribution is 2.42. The number of sulfonamides is 1. The molecule has 3 N–H and O–H groups in total. The molecule has 2 rings (SSSR count). The number of aliphatic hydroxyl groups is 1. The molecule has 78 valence electrons. The molecule has 0 aliphatic carbocycles. The van der Waals surface area contributed by atoms with E-state index in [0.29, 0.717) is 6.42 Å². The number of hydrogen-bond donors (Lipinski definition) is 2. The molecule has 0 radical (unpaired) electrons. The minimum atomic E-state index is -3.63. The van der Waals surface area contributed by atoms with Gasteiger partial charge in [0.1, 0.15) is 4.21 Å². The van der Waals surface area contributed by atoms with Gasteiger partial charge >= 0.3 is 0 Å². The van der Waals surface area contributed by atoms with E-state index in [1.807, 2.05) is 0 Å². The number of nitrogens with two attached hydrogens (primary N) is 1. The summed E-state index contributed by atoms with van der Waals surface area (Å²) in [5.41, 5.74) is 0. The maximum atomic E-state index is 11.1. The van der Waals surface area contributed by atoms with Crippen LogP contribution in [-0.2, 0) is 10.0 Å². The average Bonchev–Trinajstić information content (AvgIpc) is 2.48. The predicted octanol–water partition coefficient (Wildman–Crippen LogP) is 0.925. The molecule has 4 nitrogen and oxygen atoms in total. The number of hydrogen-bond acceptors (Lipinski definition) is 5. The quantitative estimate of drug-likeness (QED) is 0.778. The highest BCUT2D eigenvalue weighted by molar-refractivity contribution is 7.99. The van der Waals surface area contributed by atoms with Crippen molar-refractivity contribution < 1.29 is 13.5 Å². The summed E-state index contributed by atoms with van der Waals surface area (Å²) in [5, 5.41) is 14.6. The molecule has 1 aliphatic rings. The second-order valence-corrected chi connectivity index (χ2v) is 7.00. The van der Waals surface area contributed by atoms with Crippen molar-refractivity contribution in [1.82, 2.24) is 0 Å². The number of fused-ring (bicyclic) bond motifs is 1. The monoisotopic (exact) mass is 251 g/mol. The van der Waals surface area contributed by atoms with Gasteiger partial charge in [0.05, 0.1) is 6.10 Å². The fourth-order valence-corrected chi connectivity index (χ4v) is 4.58. The van der Waals surface area contributed by atoms with Gasteiger partial charge in [0.25, 0.3) is 0 Å². The van der Waals surface area contributed by atoms with E-state index in [-0.39, 0.29) is 4.21 Å². The normalized spacial score (nSPS) is 22.0. The number of thioether (sulfide) groups is 1. The second kappa shape index (κ2) is 3.49. The van der Waals surface area contributed by atoms with Crippen LogP contribution in [-0.4, -0.2) is 19.3 Å². The van der Waals surface area contributed by atoms with E-state index in [1.54, 1.807) is 17.8 Å². The molecule has 1 unspecified atom stereocenters. The maximum absolute atomic E-state index is 11.1. The summed E-state index contributed by atoms with van der Waals surface area (Å²) in [7, 11) is -3.63. The summed E-state index contributed by atoms with van der Waals surface area (Å²) in [6.07, 6.45) is 0.133. The van der Waals surface area contributed by atoms with Crippen molar-refractivity contribution in [3.63, 3.8) is 0 Å². The summed E-state index contributed by atoms with van der Waals surface area (Å²) in [4.78, 5) is 1.57. The molecular weight excluding hydrogens is 242 g/mol. The van der Waals surface area contributed by atoms with Gasteiger partial charge in [-0.2, -0.15) is 0 Å². The minimum Gasteiger partial charge on any atom is -0.388 e. The standard InChI is InChI=1S/C7H9NO3S3/c8-14(10,11)6-3-5-7(13-6)4(9)1-2-12-5/h3-4,9H,1-2H2,(H2,8,10,11). The largest absolute Gasteiger partial charge is 0.388 e. The van der Waals surface area contributed by atoms with Gasteiger partial charge in [0.2, 0.25) is 10.0 Å². The molecule has 0 saturated heterocycles. The minimum absolute atomic E-state index is 0.135. The van der Waals surface area contributed by atoms with Crippen molar-refractivity contribution in [1.29, 1.82) is 0 Å². The summed E-state index contributed by atoms with van der Waals surface area (Å²) in [6.45, 7) is 0. The molecule has 1 atom stereocenters. The number of primary sulfonamides is 1. The summed E-state index contributed by atoms with van der Waals surface area (Å²) < 4.78 is 22.2. The zero-order chi connectivity index (χ0) is 10.3. The van der Waals surface area contributed by atoms with Gasteiger partial charge in [-0.1, -0.05) is 0 Å². The lowest BCUT2D eigenvalue weighted by Gasteiger charge is -2.15. The van der Waals surface area contributed by atoms with Gasteiger partial charge in [-0.05, 0) is 12.5 Å². The van der Waals surface area contributed by atoms with Gasteiger partial charge in [-0.25, -0.2) is 13.6 Å². The average molecular weight is 251 g/mol. The van der Waals surface area contributed by atoms with Crippen LogP contribution < -0.4 is 5.14 Å². The van der Waals surface area contributed by atoms with Crippen LogP contribution in [0.25, 0.3) is 0 Å². The topological polar surface area (TPSA) is 80.4 Å². The van der Waals surface area contributed by atoms with Gasteiger partial charge in [0, 0.05) is 15.5 Å². The first-order chi connectivity index (χ1) is 6.48. The molecule has 0 bridgehead atoms. The summed E-state index contributed by atoms with van der Waals surface area (Å²) >= 11 is 2.63. The predicted molar refractivity (Wildman–Crippen MR) is 56.0 cm³/mol. The molecule has 1 aliphatic heterocycles. The van der Waals surface area contributed by atoms with Crippen molar-refractivity contribution in [3.05, 3.63) is 10.9 Å². The zero-order valence-electron chi connectivity index (χ0n) is 7.13. The third kappa shape index (κ3) is 1.82. The van der Waals surface area contributed by atoms with Gasteiger partial charge in [-0.15, -0.1) is 23.1 Å². The van der Waals surface area contributed by atoms with E-state index < -0.39 is 16.1 Å². The lowest BCUT2D eigenvalue weighted by molar-refractivity contribution is 0.174. The number of thiophene rings is 1. The van der Waals surface area contributed by atoms with Crippen LogP contribution in [0.4, 0.5) is 0 Å². The molecule has 1 aromatic rings. The highest BCUT2D eigenvalue weighted by Gasteiger charge is 2.24. The fraction of sp³-hybridized carbons (Fsp3) is 0.429. The summed E-state index contributed by atoms with van der Waals surface area (Å²) in [6, 6.07) is 1.54. The van der Waals surface area contributed by atoms with Crippen LogP contribution in [0, 0.1) is 0 Å². The van der Waals surface area contributed by atoms with Crippen LogP contribution in [0.2, 0.25) is 0 Å². The van der Waals surface area contributed by atoms with Crippen molar-refractivity contribution in [2.24, 2.45) is 5.14 Å². The number of aliphatic hydroxyl groups excluding tert-OH is 1. The first kappa shape index (κ1) is 10.4. The third-order valence-electron chi connectivity index (χ3n) is 1.93. The zero-order valence-corrected chi connectivity index (χ0v) is 9.58. The smallest absolute Gasteiger partial charge is 0.247 e. The van der Waals surface area contributed by atoms with Crippen molar-refractivity contribution in [3.8, 4) is 0 Å². The third-order valence-corrected chi connectivity index (χ3v) is 5.81. The number of rotatable bonds is 1. The molecule has 14 heavy (non-hydrogen) atoms. The van der Waals surface area contributed by atoms with E-state index in [1.165, 1.54) is 0 Å². The first-order valence-corrected chi connectivity index (χ1v) is 7.31. The Labute approximate surface area is 90.2 Å². The van der Waals surface area contributed by atoms with Crippen LogP contribution in [0.3, 0.4) is 0 Å². The Hall–Kier alpha value is -0.0800. The van der Waals surface area contributed by atoms with Gasteiger partial charge < -0.3 is 5.11 Å². The Morgan fingerprint density at radius 1 is 1.57 bits per heavy atom. The Morgan fingerprint density at radius 3 is 2.86 bits per heavy atom. The van der Waals surface area contributed by atoms with Gasteiger partial charge in [-0.3, -0.25) is 0 Å². The van der Waals surface area contributed by atoms with E-state index in [9.17, 15) is 13.5 Å². The highest BCUT2D eigenvalue weighted by atomic mass is 32.2. The molecule has 1 aromatic heterocycles. The molecular formula is C7H9NO3S3. The molecule has 0 aromatic carbocycles. The SMILES string of the molecule is NS(=O)(=O)c1cc2c(s1)C(O)CCS2. The van der Waals surface area contributed by atoms with Crippen LogP contribution in [0.5, 0.6) is 0 Å². The van der Waals surface area contributed by atoms with Crippen molar-refractivity contribution in [2.75, 3.05) is 5.75 Å². The molecule has 0 spiro atoms. The Kier molecular flexibility index (Phi) is 2.61. The molecule has 2 heterocycles. The summed E-state index contributed by atoms with van der Waals surface area (Å²) in [5.74, 6) is 0.814. The Morgan fingerprint density at radius 2 is 2.29 bits per heavy atom. The lowest BCUT2D eigenvalue weighted by atomic mass is 10.2. The lowest BCUT2D eigenvalue weighted by Crippen LogP contribution is -2.09. The van der Waals surface area contributed by atoms with Crippen LogP contribution in [0.1, 0.15) is 17.4 Å². The first-order valence-electron chi connectivity index (χ1n) is 3.96. The molecule has 0 amide bonds. The second-order valence-electron chi connectivity index (χ2n) is 2.99.